The molecule has 1 saturated heterocycles. The second-order valence-electron chi connectivity index (χ2n) is 10.00. The van der Waals surface area contributed by atoms with Gasteiger partial charge in [0.25, 0.3) is 0 Å². The van der Waals surface area contributed by atoms with Crippen LogP contribution in [0.5, 0.6) is 5.75 Å². The van der Waals surface area contributed by atoms with Gasteiger partial charge in [0.05, 0.1) is 17.1 Å². The zero-order valence-corrected chi connectivity index (χ0v) is 24.9. The third-order valence-corrected chi connectivity index (χ3v) is 7.67. The van der Waals surface area contributed by atoms with Crippen molar-refractivity contribution < 1.29 is 32.2 Å². The number of nitrogens with zero attached hydrogens (tertiary/aromatic N) is 5. The van der Waals surface area contributed by atoms with Crippen LogP contribution in [-0.2, 0) is 22.4 Å². The molecule has 0 bridgehead atoms. The Hall–Kier alpha value is -4.65. The zero-order chi connectivity index (χ0) is 31.4. The van der Waals surface area contributed by atoms with E-state index < -0.39 is 18.6 Å². The van der Waals surface area contributed by atoms with Crippen LogP contribution in [0.4, 0.5) is 23.7 Å². The van der Waals surface area contributed by atoms with Gasteiger partial charge in [-0.15, -0.1) is 18.3 Å². The number of carbonyl (C=O) groups excluding carboxylic acids is 2. The van der Waals surface area contributed by atoms with Crippen LogP contribution in [0.1, 0.15) is 30.5 Å². The van der Waals surface area contributed by atoms with Gasteiger partial charge < -0.3 is 9.47 Å². The van der Waals surface area contributed by atoms with Crippen molar-refractivity contribution in [1.29, 1.82) is 0 Å². The van der Waals surface area contributed by atoms with E-state index in [1.54, 1.807) is 6.92 Å². The Morgan fingerprint density at radius 3 is 2.50 bits per heavy atom. The van der Waals surface area contributed by atoms with Gasteiger partial charge in [0.15, 0.2) is 11.0 Å². The van der Waals surface area contributed by atoms with Gasteiger partial charge in [0, 0.05) is 12.0 Å². The highest BCUT2D eigenvalue weighted by Crippen LogP contribution is 2.33. The average Bonchev–Trinajstić information content (AvgIpc) is 3.60. The molecule has 1 aliphatic heterocycles. The Morgan fingerprint density at radius 2 is 1.82 bits per heavy atom. The Labute approximate surface area is 255 Å². The van der Waals surface area contributed by atoms with Crippen LogP contribution < -0.4 is 9.64 Å². The predicted molar refractivity (Wildman–Crippen MR) is 161 cm³/mol. The number of benzene rings is 3. The Kier molecular flexibility index (Phi) is 9.04. The van der Waals surface area contributed by atoms with Crippen molar-refractivity contribution >= 4 is 34.6 Å². The van der Waals surface area contributed by atoms with Crippen LogP contribution in [0, 0.1) is 6.92 Å². The highest BCUT2D eigenvalue weighted by molar-refractivity contribution is 8.15. The first-order chi connectivity index (χ1) is 21.0. The Balaban J connectivity index is 1.20. The van der Waals surface area contributed by atoms with Gasteiger partial charge in [-0.05, 0) is 61.2 Å². The normalized spacial score (nSPS) is 15.1. The standard InChI is InChI=1S/C31H28F3N5O4S/c1-4-22-7-5-6-19(2)27(22)39-26(40)17-44-29(39)36-30(41)42-20(3)16-21-8-10-23(11-9-21)28-35-18-38(37-28)24-12-14-25(15-13-24)43-31(32,33)34/h5-15,18,20H,4,16-17H2,1-3H3/b36-29-. The number of para-hydroxylation sites is 1. The van der Waals surface area contributed by atoms with E-state index in [0.717, 1.165) is 34.4 Å². The molecule has 0 aliphatic carbocycles. The summed E-state index contributed by atoms with van der Waals surface area (Å²) < 4.78 is 48.1. The van der Waals surface area contributed by atoms with Crippen LogP contribution in [0.15, 0.2) is 78.0 Å². The van der Waals surface area contributed by atoms with Gasteiger partial charge in [-0.2, -0.15) is 4.99 Å². The first kappa shape index (κ1) is 30.8. The molecule has 1 fully saturated rings. The third kappa shape index (κ3) is 7.28. The van der Waals surface area contributed by atoms with Gasteiger partial charge >= 0.3 is 12.5 Å². The van der Waals surface area contributed by atoms with Crippen LogP contribution in [0.3, 0.4) is 0 Å². The van der Waals surface area contributed by atoms with Gasteiger partial charge in [-0.3, -0.25) is 9.69 Å². The number of hydrogen-bond donors (Lipinski definition) is 0. The lowest BCUT2D eigenvalue weighted by Gasteiger charge is -2.21. The molecule has 1 aliphatic rings. The fraction of sp³-hybridized carbons (Fsp3) is 0.258. The minimum atomic E-state index is -4.76. The van der Waals surface area contributed by atoms with Crippen molar-refractivity contribution in [2.75, 3.05) is 10.7 Å². The number of aryl methyl sites for hydroxylation is 2. The number of rotatable bonds is 8. The van der Waals surface area contributed by atoms with E-state index in [0.29, 0.717) is 23.1 Å². The molecule has 2 heterocycles. The van der Waals surface area contributed by atoms with E-state index >= 15 is 0 Å². The van der Waals surface area contributed by atoms with Crippen LogP contribution >= 0.6 is 11.8 Å². The highest BCUT2D eigenvalue weighted by Gasteiger charge is 2.33. The summed E-state index contributed by atoms with van der Waals surface area (Å²) in [4.78, 5) is 35.4. The zero-order valence-electron chi connectivity index (χ0n) is 24.0. The molecule has 0 N–H and O–H groups in total. The van der Waals surface area contributed by atoms with Gasteiger partial charge in [0.2, 0.25) is 5.91 Å². The molecule has 1 unspecified atom stereocenters. The predicted octanol–water partition coefficient (Wildman–Crippen LogP) is 6.91. The number of ether oxygens (including phenoxy) is 2. The summed E-state index contributed by atoms with van der Waals surface area (Å²) in [6.07, 6.45) is -3.39. The van der Waals surface area contributed by atoms with Gasteiger partial charge in [-0.25, -0.2) is 14.5 Å². The summed E-state index contributed by atoms with van der Waals surface area (Å²) >= 11 is 1.21. The lowest BCUT2D eigenvalue weighted by atomic mass is 10.0. The molecular weight excluding hydrogens is 595 g/mol. The maximum Gasteiger partial charge on any atom is 0.573 e. The molecule has 44 heavy (non-hydrogen) atoms. The minimum Gasteiger partial charge on any atom is -0.445 e. The number of alkyl halides is 3. The molecule has 4 aromatic rings. The molecule has 0 radical (unpaired) electrons. The van der Waals surface area contributed by atoms with Gasteiger partial charge in [0.1, 0.15) is 18.2 Å². The molecule has 228 valence electrons. The van der Waals surface area contributed by atoms with Crippen LogP contribution in [-0.4, -0.2) is 50.2 Å². The summed E-state index contributed by atoms with van der Waals surface area (Å²) in [5.41, 5.74) is 4.83. The number of carbonyl (C=O) groups is 2. The number of halogens is 3. The minimum absolute atomic E-state index is 0.133. The van der Waals surface area contributed by atoms with Crippen molar-refractivity contribution in [2.45, 2.75) is 46.1 Å². The third-order valence-electron chi connectivity index (χ3n) is 6.74. The van der Waals surface area contributed by atoms with E-state index in [1.807, 2.05) is 56.3 Å². The first-order valence-corrected chi connectivity index (χ1v) is 14.7. The van der Waals surface area contributed by atoms with E-state index in [-0.39, 0.29) is 17.4 Å². The summed E-state index contributed by atoms with van der Waals surface area (Å²) in [6, 6.07) is 18.5. The Morgan fingerprint density at radius 1 is 1.09 bits per heavy atom. The summed E-state index contributed by atoms with van der Waals surface area (Å²) in [7, 11) is 0. The van der Waals surface area contributed by atoms with E-state index in [9.17, 15) is 22.8 Å². The summed E-state index contributed by atoms with van der Waals surface area (Å²) in [6.45, 7) is 5.70. The molecule has 0 spiro atoms. The molecule has 13 heteroatoms. The molecule has 3 aromatic carbocycles. The molecule has 1 aromatic heterocycles. The maximum absolute atomic E-state index is 12.7. The van der Waals surface area contributed by atoms with Crippen molar-refractivity contribution in [3.05, 3.63) is 89.7 Å². The van der Waals surface area contributed by atoms with Crippen LogP contribution in [0.25, 0.3) is 17.1 Å². The molecule has 5 rings (SSSR count). The molecule has 9 nitrogen and oxygen atoms in total. The number of anilines is 1. The highest BCUT2D eigenvalue weighted by atomic mass is 32.2. The Bertz CT molecular complexity index is 1690. The van der Waals surface area contributed by atoms with Crippen molar-refractivity contribution in [3.8, 4) is 22.8 Å². The second kappa shape index (κ2) is 12.9. The van der Waals surface area contributed by atoms with Crippen molar-refractivity contribution in [3.63, 3.8) is 0 Å². The monoisotopic (exact) mass is 623 g/mol. The van der Waals surface area contributed by atoms with E-state index in [1.165, 1.54) is 51.9 Å². The molecule has 1 atom stereocenters. The SMILES string of the molecule is CCc1cccc(C)c1N1C(=O)CS/C1=N\C(=O)OC(C)Cc1ccc(-c2ncn(-c3ccc(OC(F)(F)F)cc3)n2)cc1. The van der Waals surface area contributed by atoms with Crippen LogP contribution in [0.2, 0.25) is 0 Å². The fourth-order valence-corrected chi connectivity index (χ4v) is 5.59. The largest absolute Gasteiger partial charge is 0.573 e. The number of aliphatic imine (C=N–C) groups is 1. The maximum atomic E-state index is 12.7. The molecule has 2 amide bonds. The summed E-state index contributed by atoms with van der Waals surface area (Å²) in [5.74, 6) is 0.163. The van der Waals surface area contributed by atoms with Gasteiger partial charge in [-0.1, -0.05) is 61.2 Å². The number of amidine groups is 1. The molecular formula is C31H28F3N5O4S. The quantitative estimate of drug-likeness (QED) is 0.210. The second-order valence-corrected chi connectivity index (χ2v) is 10.9. The average molecular weight is 624 g/mol. The lowest BCUT2D eigenvalue weighted by molar-refractivity contribution is -0.274. The number of hydrogen-bond acceptors (Lipinski definition) is 7. The molecule has 0 saturated carbocycles. The van der Waals surface area contributed by atoms with E-state index in [2.05, 4.69) is 19.8 Å². The number of amides is 2. The summed E-state index contributed by atoms with van der Waals surface area (Å²) in [5, 5.41) is 4.72. The topological polar surface area (TPSA) is 98.9 Å². The smallest absolute Gasteiger partial charge is 0.445 e. The van der Waals surface area contributed by atoms with Crippen molar-refractivity contribution in [2.24, 2.45) is 4.99 Å². The lowest BCUT2D eigenvalue weighted by Crippen LogP contribution is -2.31. The number of thioether (sulfide) groups is 1. The van der Waals surface area contributed by atoms with E-state index in [4.69, 9.17) is 4.74 Å². The first-order valence-electron chi connectivity index (χ1n) is 13.7. The number of aromatic nitrogens is 3. The fourth-order valence-electron chi connectivity index (χ4n) is 4.75. The van der Waals surface area contributed by atoms with Crippen molar-refractivity contribution in [1.82, 2.24) is 14.8 Å².